The summed E-state index contributed by atoms with van der Waals surface area (Å²) in [7, 11) is 0. The van der Waals surface area contributed by atoms with Crippen LogP contribution in [0, 0.1) is 0 Å². The Morgan fingerprint density at radius 3 is 2.53 bits per heavy atom. The van der Waals surface area contributed by atoms with Gasteiger partial charge in [-0.2, -0.15) is 0 Å². The van der Waals surface area contributed by atoms with Crippen LogP contribution in [-0.2, 0) is 4.79 Å². The minimum atomic E-state index is -1.12. The molecule has 0 bridgehead atoms. The van der Waals surface area contributed by atoms with Crippen molar-refractivity contribution in [3.63, 3.8) is 0 Å². The molecule has 0 spiro atoms. The zero-order chi connectivity index (χ0) is 11.4. The highest BCUT2D eigenvalue weighted by molar-refractivity contribution is 5.97. The Kier molecular flexibility index (Phi) is 3.25. The van der Waals surface area contributed by atoms with E-state index < -0.39 is 5.97 Å². The van der Waals surface area contributed by atoms with Gasteiger partial charge in [0.25, 0.3) is 0 Å². The first-order chi connectivity index (χ1) is 7.04. The van der Waals surface area contributed by atoms with Crippen molar-refractivity contribution in [3.8, 4) is 0 Å². The summed E-state index contributed by atoms with van der Waals surface area (Å²) in [5.41, 5.74) is 2.97. The molecule has 0 aliphatic rings. The Labute approximate surface area is 86.1 Å². The fraction of sp³-hybridized carbons (Fsp3) is 0.111. The molecule has 0 aromatic heterocycles. The molecule has 1 aromatic rings. The first-order valence-corrected chi connectivity index (χ1v) is 4.16. The van der Waals surface area contributed by atoms with E-state index in [1.54, 1.807) is 6.07 Å². The number of carboxylic acids is 1. The summed E-state index contributed by atoms with van der Waals surface area (Å²) in [6, 6.07) is 4.37. The van der Waals surface area contributed by atoms with Crippen LogP contribution in [0.5, 0.6) is 0 Å². The fourth-order valence-corrected chi connectivity index (χ4v) is 1.13. The number of benzene rings is 1. The highest BCUT2D eigenvalue weighted by Gasteiger charge is 2.10. The van der Waals surface area contributed by atoms with Crippen LogP contribution in [0.3, 0.4) is 0 Å². The van der Waals surface area contributed by atoms with Crippen molar-refractivity contribution in [2.75, 3.05) is 10.7 Å². The molecule has 1 amide bonds. The van der Waals surface area contributed by atoms with Crippen molar-refractivity contribution in [2.24, 2.45) is 5.84 Å². The van der Waals surface area contributed by atoms with Gasteiger partial charge in [0.1, 0.15) is 0 Å². The first-order valence-electron chi connectivity index (χ1n) is 4.16. The lowest BCUT2D eigenvalue weighted by Gasteiger charge is -2.08. The molecule has 6 heteroatoms. The lowest BCUT2D eigenvalue weighted by molar-refractivity contribution is -0.114. The van der Waals surface area contributed by atoms with Crippen LogP contribution in [0.4, 0.5) is 11.4 Å². The Morgan fingerprint density at radius 1 is 1.40 bits per heavy atom. The molecule has 15 heavy (non-hydrogen) atoms. The Morgan fingerprint density at radius 2 is 2.07 bits per heavy atom. The number of hydrogen-bond acceptors (Lipinski definition) is 4. The van der Waals surface area contributed by atoms with Crippen LogP contribution in [-0.4, -0.2) is 17.0 Å². The quantitative estimate of drug-likeness (QED) is 0.431. The van der Waals surface area contributed by atoms with Crippen molar-refractivity contribution in [1.29, 1.82) is 0 Å². The van der Waals surface area contributed by atoms with E-state index in [1.165, 1.54) is 19.1 Å². The molecule has 0 aliphatic carbocycles. The highest BCUT2D eigenvalue weighted by Crippen LogP contribution is 2.19. The Hall–Kier alpha value is -2.08. The fourth-order valence-electron chi connectivity index (χ4n) is 1.13. The first kappa shape index (κ1) is 11.0. The van der Waals surface area contributed by atoms with E-state index in [4.69, 9.17) is 10.9 Å². The molecule has 1 aromatic carbocycles. The number of carbonyl (C=O) groups excluding carboxylic acids is 1. The van der Waals surface area contributed by atoms with Gasteiger partial charge < -0.3 is 15.8 Å². The second-order valence-corrected chi connectivity index (χ2v) is 2.89. The third-order valence-electron chi connectivity index (χ3n) is 1.73. The lowest BCUT2D eigenvalue weighted by atomic mass is 10.1. The maximum Gasteiger partial charge on any atom is 0.337 e. The van der Waals surface area contributed by atoms with Crippen LogP contribution in [0.2, 0.25) is 0 Å². The summed E-state index contributed by atoms with van der Waals surface area (Å²) in [4.78, 5) is 21.6. The zero-order valence-corrected chi connectivity index (χ0v) is 8.07. The molecule has 0 unspecified atom stereocenters. The molecule has 0 saturated heterocycles. The predicted molar refractivity (Wildman–Crippen MR) is 55.5 cm³/mol. The van der Waals surface area contributed by atoms with Crippen molar-refractivity contribution in [1.82, 2.24) is 0 Å². The molecule has 5 N–H and O–H groups in total. The number of carbonyl (C=O) groups is 2. The number of carboxylic acid groups (broad SMARTS) is 1. The summed E-state index contributed by atoms with van der Waals surface area (Å²) in [5.74, 6) is 3.76. The monoisotopic (exact) mass is 209 g/mol. The number of nitrogens with one attached hydrogen (secondary N) is 2. The summed E-state index contributed by atoms with van der Waals surface area (Å²) < 4.78 is 0. The second kappa shape index (κ2) is 4.43. The minimum Gasteiger partial charge on any atom is -0.478 e. The minimum absolute atomic E-state index is 0.00347. The van der Waals surface area contributed by atoms with Crippen molar-refractivity contribution >= 4 is 23.3 Å². The van der Waals surface area contributed by atoms with Gasteiger partial charge >= 0.3 is 5.97 Å². The molecular weight excluding hydrogens is 198 g/mol. The number of anilines is 2. The van der Waals surface area contributed by atoms with Crippen LogP contribution in [0.25, 0.3) is 0 Å². The molecule has 6 nitrogen and oxygen atoms in total. The third-order valence-corrected chi connectivity index (χ3v) is 1.73. The van der Waals surface area contributed by atoms with E-state index in [2.05, 4.69) is 10.7 Å². The summed E-state index contributed by atoms with van der Waals surface area (Å²) in [5, 5.41) is 11.3. The van der Waals surface area contributed by atoms with E-state index in [0.717, 1.165) is 0 Å². The van der Waals surface area contributed by atoms with E-state index in [0.29, 0.717) is 5.69 Å². The molecule has 0 fully saturated rings. The van der Waals surface area contributed by atoms with Crippen LogP contribution >= 0.6 is 0 Å². The van der Waals surface area contributed by atoms with E-state index >= 15 is 0 Å². The van der Waals surface area contributed by atoms with Gasteiger partial charge in [-0.05, 0) is 18.2 Å². The molecule has 0 radical (unpaired) electrons. The summed E-state index contributed by atoms with van der Waals surface area (Å²) >= 11 is 0. The van der Waals surface area contributed by atoms with Crippen LogP contribution in [0.15, 0.2) is 18.2 Å². The van der Waals surface area contributed by atoms with Gasteiger partial charge in [-0.15, -0.1) is 0 Å². The van der Waals surface area contributed by atoms with Gasteiger partial charge in [0.15, 0.2) is 0 Å². The third kappa shape index (κ3) is 2.68. The molecule has 1 rings (SSSR count). The largest absolute Gasteiger partial charge is 0.478 e. The Balaban J connectivity index is 3.10. The number of amides is 1. The molecule has 0 saturated carbocycles. The molecular formula is C9H11N3O3. The maximum atomic E-state index is 10.8. The average molecular weight is 209 g/mol. The van der Waals surface area contributed by atoms with Gasteiger partial charge in [0, 0.05) is 12.6 Å². The standard InChI is InChI=1S/C9H11N3O3/c1-5(13)11-6-2-3-8(12-10)7(4-6)9(14)15/h2-4,12H,10H2,1H3,(H,11,13)(H,14,15). The summed E-state index contributed by atoms with van der Waals surface area (Å²) in [6.07, 6.45) is 0. The van der Waals surface area contributed by atoms with Gasteiger partial charge in [-0.1, -0.05) is 0 Å². The maximum absolute atomic E-state index is 10.8. The smallest absolute Gasteiger partial charge is 0.337 e. The average Bonchev–Trinajstić information content (AvgIpc) is 2.16. The second-order valence-electron chi connectivity index (χ2n) is 2.89. The number of nitrogens with two attached hydrogens (primary N) is 1. The molecule has 0 aliphatic heterocycles. The van der Waals surface area contributed by atoms with Gasteiger partial charge in [0.05, 0.1) is 11.3 Å². The predicted octanol–water partition coefficient (Wildman–Crippen LogP) is 0.629. The highest BCUT2D eigenvalue weighted by atomic mass is 16.4. The lowest BCUT2D eigenvalue weighted by Crippen LogP contribution is -2.13. The Bertz CT molecular complexity index is 404. The number of hydrogen-bond donors (Lipinski definition) is 4. The van der Waals surface area contributed by atoms with E-state index in [1.807, 2.05) is 0 Å². The number of aromatic carboxylic acids is 1. The molecule has 0 heterocycles. The van der Waals surface area contributed by atoms with E-state index in [9.17, 15) is 9.59 Å². The van der Waals surface area contributed by atoms with Crippen LogP contribution < -0.4 is 16.6 Å². The van der Waals surface area contributed by atoms with Gasteiger partial charge in [-0.3, -0.25) is 10.6 Å². The molecule has 80 valence electrons. The topological polar surface area (TPSA) is 104 Å². The normalized spacial score (nSPS) is 9.47. The van der Waals surface area contributed by atoms with Crippen molar-refractivity contribution in [3.05, 3.63) is 23.8 Å². The van der Waals surface area contributed by atoms with E-state index in [-0.39, 0.29) is 17.2 Å². The van der Waals surface area contributed by atoms with Crippen molar-refractivity contribution < 1.29 is 14.7 Å². The number of hydrazine groups is 1. The van der Waals surface area contributed by atoms with Gasteiger partial charge in [-0.25, -0.2) is 4.79 Å². The number of rotatable bonds is 3. The molecule has 0 atom stereocenters. The van der Waals surface area contributed by atoms with Gasteiger partial charge in [0.2, 0.25) is 5.91 Å². The number of nitrogen functional groups attached to an aromatic ring is 1. The van der Waals surface area contributed by atoms with Crippen molar-refractivity contribution in [2.45, 2.75) is 6.92 Å². The SMILES string of the molecule is CC(=O)Nc1ccc(NN)c(C(=O)O)c1. The summed E-state index contributed by atoms with van der Waals surface area (Å²) in [6.45, 7) is 1.34. The zero-order valence-electron chi connectivity index (χ0n) is 8.07. The van der Waals surface area contributed by atoms with Crippen LogP contribution in [0.1, 0.15) is 17.3 Å².